The maximum absolute atomic E-state index is 13.8. The summed E-state index contributed by atoms with van der Waals surface area (Å²) in [5.41, 5.74) is 5.77. The zero-order chi connectivity index (χ0) is 15.7. The van der Waals surface area contributed by atoms with Gasteiger partial charge in [0.2, 0.25) is 5.91 Å². The first-order valence-corrected chi connectivity index (χ1v) is 7.81. The maximum atomic E-state index is 13.8. The first-order valence-electron chi connectivity index (χ1n) is 6.99. The van der Waals surface area contributed by atoms with Crippen molar-refractivity contribution in [2.45, 2.75) is 6.42 Å². The number of rotatable bonds is 3. The lowest BCUT2D eigenvalue weighted by Crippen LogP contribution is -2.31. The van der Waals surface area contributed by atoms with E-state index in [4.69, 9.17) is 5.73 Å². The van der Waals surface area contributed by atoms with Gasteiger partial charge in [-0.1, -0.05) is 18.2 Å². The van der Waals surface area contributed by atoms with Gasteiger partial charge in [-0.3, -0.25) is 9.59 Å². The molecule has 0 bridgehead atoms. The summed E-state index contributed by atoms with van der Waals surface area (Å²) < 4.78 is 13.8. The third kappa shape index (κ3) is 2.74. The highest BCUT2D eigenvalue weighted by atomic mass is 32.1. The van der Waals surface area contributed by atoms with Gasteiger partial charge in [-0.25, -0.2) is 4.39 Å². The summed E-state index contributed by atoms with van der Waals surface area (Å²) in [5, 5.41) is 0. The summed E-state index contributed by atoms with van der Waals surface area (Å²) in [6.45, 7) is 0.889. The molecule has 6 heteroatoms. The van der Waals surface area contributed by atoms with Crippen molar-refractivity contribution in [1.29, 1.82) is 0 Å². The molecule has 1 aromatic heterocycles. The molecule has 4 nitrogen and oxygen atoms in total. The van der Waals surface area contributed by atoms with Crippen LogP contribution in [0.2, 0.25) is 0 Å². The second-order valence-corrected chi connectivity index (χ2v) is 6.37. The number of benzene rings is 1. The standard InChI is InChI=1S/C16H15FN2O2S/c17-12-4-2-1-3-11(12)13-5-6-14(22-13)16(21)19-8-7-10(9-19)15(18)20/h1-6,10H,7-9H2,(H2,18,20)/t10-/m1/s1. The minimum absolute atomic E-state index is 0.128. The van der Waals surface area contributed by atoms with Crippen LogP contribution in [-0.4, -0.2) is 29.8 Å². The molecule has 0 unspecified atom stereocenters. The van der Waals surface area contributed by atoms with Crippen LogP contribution in [0.25, 0.3) is 10.4 Å². The number of likely N-dealkylation sites (tertiary alicyclic amines) is 1. The summed E-state index contributed by atoms with van der Waals surface area (Å²) >= 11 is 1.26. The lowest BCUT2D eigenvalue weighted by atomic mass is 10.1. The summed E-state index contributed by atoms with van der Waals surface area (Å²) in [6, 6.07) is 9.93. The summed E-state index contributed by atoms with van der Waals surface area (Å²) in [5.74, 6) is -1.07. The van der Waals surface area contributed by atoms with E-state index in [0.717, 1.165) is 0 Å². The van der Waals surface area contributed by atoms with Crippen LogP contribution in [0.3, 0.4) is 0 Å². The van der Waals surface area contributed by atoms with Gasteiger partial charge in [0.25, 0.3) is 5.91 Å². The number of nitrogens with two attached hydrogens (primary N) is 1. The first kappa shape index (κ1) is 14.7. The van der Waals surface area contributed by atoms with Gasteiger partial charge in [-0.2, -0.15) is 0 Å². The minimum atomic E-state index is -0.367. The Balaban J connectivity index is 1.78. The van der Waals surface area contributed by atoms with Crippen LogP contribution >= 0.6 is 11.3 Å². The number of halogens is 1. The van der Waals surface area contributed by atoms with Gasteiger partial charge >= 0.3 is 0 Å². The van der Waals surface area contributed by atoms with Crippen molar-refractivity contribution in [3.63, 3.8) is 0 Å². The number of hydrogen-bond donors (Lipinski definition) is 1. The molecule has 1 saturated heterocycles. The first-order chi connectivity index (χ1) is 10.6. The molecule has 22 heavy (non-hydrogen) atoms. The van der Waals surface area contributed by atoms with Gasteiger partial charge in [0.15, 0.2) is 0 Å². The highest BCUT2D eigenvalue weighted by molar-refractivity contribution is 7.17. The van der Waals surface area contributed by atoms with E-state index in [1.807, 2.05) is 0 Å². The zero-order valence-corrected chi connectivity index (χ0v) is 12.6. The molecule has 0 saturated carbocycles. The van der Waals surface area contributed by atoms with Crippen molar-refractivity contribution in [3.05, 3.63) is 47.1 Å². The van der Waals surface area contributed by atoms with E-state index in [0.29, 0.717) is 34.8 Å². The van der Waals surface area contributed by atoms with Gasteiger partial charge in [0.05, 0.1) is 10.8 Å². The number of thiophene rings is 1. The number of nitrogens with zero attached hydrogens (tertiary/aromatic N) is 1. The van der Waals surface area contributed by atoms with Crippen LogP contribution in [0.5, 0.6) is 0 Å². The van der Waals surface area contributed by atoms with Gasteiger partial charge in [-0.15, -0.1) is 11.3 Å². The SMILES string of the molecule is NC(=O)[C@@H]1CCN(C(=O)c2ccc(-c3ccccc3F)s2)C1. The molecule has 1 aliphatic rings. The van der Waals surface area contributed by atoms with Crippen LogP contribution in [0.1, 0.15) is 16.1 Å². The molecule has 1 atom stereocenters. The van der Waals surface area contributed by atoms with Crippen LogP contribution in [0.15, 0.2) is 36.4 Å². The van der Waals surface area contributed by atoms with Crippen molar-refractivity contribution in [1.82, 2.24) is 4.90 Å². The minimum Gasteiger partial charge on any atom is -0.369 e. The average Bonchev–Trinajstić information content (AvgIpc) is 3.17. The highest BCUT2D eigenvalue weighted by Gasteiger charge is 2.30. The lowest BCUT2D eigenvalue weighted by molar-refractivity contribution is -0.121. The summed E-state index contributed by atoms with van der Waals surface area (Å²) in [7, 11) is 0. The topological polar surface area (TPSA) is 63.4 Å². The molecule has 1 aromatic carbocycles. The van der Waals surface area contributed by atoms with Crippen LogP contribution in [0.4, 0.5) is 4.39 Å². The molecule has 2 heterocycles. The number of amides is 2. The number of carbonyl (C=O) groups excluding carboxylic acids is 2. The number of hydrogen-bond acceptors (Lipinski definition) is 3. The Labute approximate surface area is 131 Å². The molecule has 0 aliphatic carbocycles. The number of primary amides is 1. The lowest BCUT2D eigenvalue weighted by Gasteiger charge is -2.14. The second kappa shape index (κ2) is 5.88. The Morgan fingerprint density at radius 1 is 1.23 bits per heavy atom. The fourth-order valence-electron chi connectivity index (χ4n) is 2.59. The van der Waals surface area contributed by atoms with Crippen LogP contribution < -0.4 is 5.73 Å². The maximum Gasteiger partial charge on any atom is 0.263 e. The molecule has 114 valence electrons. The normalized spacial score (nSPS) is 17.7. The monoisotopic (exact) mass is 318 g/mol. The van der Waals surface area contributed by atoms with Crippen molar-refractivity contribution in [3.8, 4) is 10.4 Å². The molecule has 1 fully saturated rings. The van der Waals surface area contributed by atoms with Crippen molar-refractivity contribution in [2.75, 3.05) is 13.1 Å². The Hall–Kier alpha value is -2.21. The molecule has 2 N–H and O–H groups in total. The third-order valence-corrected chi connectivity index (χ3v) is 4.94. The van der Waals surface area contributed by atoms with Crippen molar-refractivity contribution >= 4 is 23.2 Å². The molecular weight excluding hydrogens is 303 g/mol. The van der Waals surface area contributed by atoms with E-state index in [9.17, 15) is 14.0 Å². The Kier molecular flexibility index (Phi) is 3.94. The number of carbonyl (C=O) groups is 2. The molecule has 3 rings (SSSR count). The average molecular weight is 318 g/mol. The Morgan fingerprint density at radius 2 is 2.00 bits per heavy atom. The fraction of sp³-hybridized carbons (Fsp3) is 0.250. The Bertz CT molecular complexity index is 728. The van der Waals surface area contributed by atoms with Gasteiger partial charge < -0.3 is 10.6 Å². The smallest absolute Gasteiger partial charge is 0.263 e. The van der Waals surface area contributed by atoms with Gasteiger partial charge in [0, 0.05) is 23.5 Å². The van der Waals surface area contributed by atoms with Gasteiger partial charge in [0.1, 0.15) is 5.82 Å². The molecule has 0 radical (unpaired) electrons. The Morgan fingerprint density at radius 3 is 2.68 bits per heavy atom. The van der Waals surface area contributed by atoms with Crippen molar-refractivity contribution in [2.24, 2.45) is 11.7 Å². The van der Waals surface area contributed by atoms with E-state index >= 15 is 0 Å². The third-order valence-electron chi connectivity index (χ3n) is 3.83. The van der Waals surface area contributed by atoms with Crippen molar-refractivity contribution < 1.29 is 14.0 Å². The summed E-state index contributed by atoms with van der Waals surface area (Å²) in [4.78, 5) is 26.5. The largest absolute Gasteiger partial charge is 0.369 e. The second-order valence-electron chi connectivity index (χ2n) is 5.28. The zero-order valence-electron chi connectivity index (χ0n) is 11.8. The van der Waals surface area contributed by atoms with E-state index < -0.39 is 0 Å². The summed E-state index contributed by atoms with van der Waals surface area (Å²) in [6.07, 6.45) is 0.604. The van der Waals surface area contributed by atoms with Crippen LogP contribution in [-0.2, 0) is 4.79 Å². The molecule has 1 aliphatic heterocycles. The fourth-order valence-corrected chi connectivity index (χ4v) is 3.59. The van der Waals surface area contributed by atoms with E-state index in [1.165, 1.54) is 17.4 Å². The quantitative estimate of drug-likeness (QED) is 0.945. The molecule has 2 amide bonds. The van der Waals surface area contributed by atoms with E-state index in [2.05, 4.69) is 0 Å². The van der Waals surface area contributed by atoms with E-state index in [-0.39, 0.29) is 23.5 Å². The van der Waals surface area contributed by atoms with E-state index in [1.54, 1.807) is 35.2 Å². The highest BCUT2D eigenvalue weighted by Crippen LogP contribution is 2.31. The molecule has 2 aromatic rings. The predicted octanol–water partition coefficient (Wildman–Crippen LogP) is 2.50. The molecule has 0 spiro atoms. The van der Waals surface area contributed by atoms with Crippen LogP contribution in [0, 0.1) is 11.7 Å². The molecular formula is C16H15FN2O2S. The predicted molar refractivity (Wildman–Crippen MR) is 82.9 cm³/mol. The van der Waals surface area contributed by atoms with Gasteiger partial charge in [-0.05, 0) is 24.6 Å².